The Morgan fingerprint density at radius 1 is 1.25 bits per heavy atom. The van der Waals surface area contributed by atoms with Crippen LogP contribution in [0.25, 0.3) is 0 Å². The summed E-state index contributed by atoms with van der Waals surface area (Å²) in [7, 11) is 0. The van der Waals surface area contributed by atoms with Gasteiger partial charge in [0.1, 0.15) is 0 Å². The maximum Gasteiger partial charge on any atom is 0.224 e. The Balaban J connectivity index is 2.81. The molecule has 0 aliphatic heterocycles. The van der Waals surface area contributed by atoms with Crippen LogP contribution in [0.4, 0.5) is 5.69 Å². The molecule has 20 heavy (non-hydrogen) atoms. The van der Waals surface area contributed by atoms with E-state index < -0.39 is 0 Å². The molecule has 1 aromatic carbocycles. The summed E-state index contributed by atoms with van der Waals surface area (Å²) >= 11 is 0. The van der Waals surface area contributed by atoms with Crippen molar-refractivity contribution in [2.45, 2.75) is 66.7 Å². The first-order valence-corrected chi connectivity index (χ1v) is 7.78. The molecule has 112 valence electrons. The van der Waals surface area contributed by atoms with Crippen LogP contribution in [0.5, 0.6) is 0 Å². The highest BCUT2D eigenvalue weighted by molar-refractivity contribution is 5.92. The van der Waals surface area contributed by atoms with Gasteiger partial charge in [-0.1, -0.05) is 52.7 Å². The van der Waals surface area contributed by atoms with Gasteiger partial charge in [-0.15, -0.1) is 0 Å². The minimum absolute atomic E-state index is 0.0670. The van der Waals surface area contributed by atoms with Gasteiger partial charge in [-0.25, -0.2) is 0 Å². The summed E-state index contributed by atoms with van der Waals surface area (Å²) in [6.07, 6.45) is 4.95. The predicted molar refractivity (Wildman–Crippen MR) is 87.1 cm³/mol. The number of rotatable bonds is 7. The molecule has 2 nitrogen and oxygen atoms in total. The van der Waals surface area contributed by atoms with Crippen molar-refractivity contribution in [3.63, 3.8) is 0 Å². The van der Waals surface area contributed by atoms with Crippen LogP contribution in [0.3, 0.4) is 0 Å². The average molecular weight is 275 g/mol. The van der Waals surface area contributed by atoms with E-state index in [2.05, 4.69) is 46.0 Å². The fourth-order valence-electron chi connectivity index (χ4n) is 2.26. The minimum Gasteiger partial charge on any atom is -0.326 e. The monoisotopic (exact) mass is 275 g/mol. The molecule has 0 fully saturated rings. The van der Waals surface area contributed by atoms with Crippen molar-refractivity contribution in [1.82, 2.24) is 0 Å². The fraction of sp³-hybridized carbons (Fsp3) is 0.611. The van der Waals surface area contributed by atoms with Crippen LogP contribution in [0.1, 0.15) is 64.5 Å². The molecule has 1 N–H and O–H groups in total. The first kappa shape index (κ1) is 16.7. The van der Waals surface area contributed by atoms with Crippen molar-refractivity contribution in [2.24, 2.45) is 5.41 Å². The van der Waals surface area contributed by atoms with Crippen molar-refractivity contribution < 1.29 is 4.79 Å². The molecule has 0 spiro atoms. The van der Waals surface area contributed by atoms with Crippen molar-refractivity contribution in [3.05, 3.63) is 29.3 Å². The molecule has 1 amide bonds. The summed E-state index contributed by atoms with van der Waals surface area (Å²) in [4.78, 5) is 12.2. The lowest BCUT2D eigenvalue weighted by atomic mass is 9.86. The fourth-order valence-corrected chi connectivity index (χ4v) is 2.26. The van der Waals surface area contributed by atoms with E-state index in [9.17, 15) is 4.79 Å². The highest BCUT2D eigenvalue weighted by Gasteiger charge is 2.20. The molecular weight excluding hydrogens is 246 g/mol. The molecule has 0 saturated carbocycles. The van der Waals surface area contributed by atoms with E-state index in [4.69, 9.17) is 0 Å². The van der Waals surface area contributed by atoms with Crippen LogP contribution in [0, 0.1) is 12.3 Å². The third-order valence-corrected chi connectivity index (χ3v) is 4.06. The van der Waals surface area contributed by atoms with Crippen molar-refractivity contribution in [2.75, 3.05) is 5.32 Å². The maximum atomic E-state index is 12.2. The molecule has 0 atom stereocenters. The minimum atomic E-state index is 0.0670. The normalized spacial score (nSPS) is 11.4. The second kappa shape index (κ2) is 7.47. The Kier molecular flexibility index (Phi) is 6.25. The molecule has 1 aromatic rings. The second-order valence-electron chi connectivity index (χ2n) is 6.45. The standard InChI is InChI=1S/C18H29NO/c1-6-8-11-15-14(3)10-9-12-16(15)19-17(20)13-18(4,5)7-2/h9-10,12H,6-8,11,13H2,1-5H3,(H,19,20). The quantitative estimate of drug-likeness (QED) is 0.736. The summed E-state index contributed by atoms with van der Waals surface area (Å²) < 4.78 is 0. The third kappa shape index (κ3) is 4.99. The van der Waals surface area contributed by atoms with Gasteiger partial charge in [0, 0.05) is 12.1 Å². The molecule has 2 heteroatoms. The first-order chi connectivity index (χ1) is 9.39. The number of anilines is 1. The second-order valence-corrected chi connectivity index (χ2v) is 6.45. The summed E-state index contributed by atoms with van der Waals surface area (Å²) in [6, 6.07) is 6.16. The third-order valence-electron chi connectivity index (χ3n) is 4.06. The zero-order valence-electron chi connectivity index (χ0n) is 13.7. The predicted octanol–water partition coefficient (Wildman–Crippen LogP) is 5.10. The van der Waals surface area contributed by atoms with E-state index in [1.165, 1.54) is 17.5 Å². The van der Waals surface area contributed by atoms with Gasteiger partial charge >= 0.3 is 0 Å². The van der Waals surface area contributed by atoms with E-state index in [-0.39, 0.29) is 11.3 Å². The average Bonchev–Trinajstić information content (AvgIpc) is 2.37. The van der Waals surface area contributed by atoms with Gasteiger partial charge < -0.3 is 5.32 Å². The van der Waals surface area contributed by atoms with Crippen LogP contribution in [-0.4, -0.2) is 5.91 Å². The van der Waals surface area contributed by atoms with Crippen molar-refractivity contribution in [3.8, 4) is 0 Å². The largest absolute Gasteiger partial charge is 0.326 e. The highest BCUT2D eigenvalue weighted by atomic mass is 16.1. The molecule has 0 heterocycles. The molecule has 1 rings (SSSR count). The highest BCUT2D eigenvalue weighted by Crippen LogP contribution is 2.26. The number of hydrogen-bond acceptors (Lipinski definition) is 1. The lowest BCUT2D eigenvalue weighted by Crippen LogP contribution is -2.22. The number of unbranched alkanes of at least 4 members (excludes halogenated alkanes) is 1. The van der Waals surface area contributed by atoms with E-state index in [1.54, 1.807) is 0 Å². The molecule has 0 unspecified atom stereocenters. The van der Waals surface area contributed by atoms with E-state index in [0.717, 1.165) is 24.9 Å². The number of hydrogen-bond donors (Lipinski definition) is 1. The first-order valence-electron chi connectivity index (χ1n) is 7.78. The molecule has 0 radical (unpaired) electrons. The van der Waals surface area contributed by atoms with Gasteiger partial charge in [-0.3, -0.25) is 4.79 Å². The Morgan fingerprint density at radius 3 is 2.55 bits per heavy atom. The van der Waals surface area contributed by atoms with Crippen molar-refractivity contribution in [1.29, 1.82) is 0 Å². The van der Waals surface area contributed by atoms with Crippen LogP contribution in [-0.2, 0) is 11.2 Å². The number of aryl methyl sites for hydroxylation is 1. The van der Waals surface area contributed by atoms with Crippen LogP contribution in [0.15, 0.2) is 18.2 Å². The molecule has 0 aliphatic carbocycles. The molecule has 0 bridgehead atoms. The Morgan fingerprint density at radius 2 is 1.95 bits per heavy atom. The summed E-state index contributed by atoms with van der Waals surface area (Å²) in [5, 5.41) is 3.11. The lowest BCUT2D eigenvalue weighted by Gasteiger charge is -2.22. The summed E-state index contributed by atoms with van der Waals surface area (Å²) in [5.41, 5.74) is 3.62. The van der Waals surface area contributed by atoms with Crippen LogP contribution in [0.2, 0.25) is 0 Å². The van der Waals surface area contributed by atoms with Gasteiger partial charge in [0.25, 0.3) is 0 Å². The molecule has 0 aliphatic rings. The number of amides is 1. The Hall–Kier alpha value is -1.31. The van der Waals surface area contributed by atoms with E-state index >= 15 is 0 Å². The number of carbonyl (C=O) groups excluding carboxylic acids is 1. The number of carbonyl (C=O) groups is 1. The smallest absolute Gasteiger partial charge is 0.224 e. The molecular formula is C18H29NO. The van der Waals surface area contributed by atoms with Crippen molar-refractivity contribution >= 4 is 11.6 Å². The SMILES string of the molecule is CCCCc1c(C)cccc1NC(=O)CC(C)(C)CC. The zero-order chi connectivity index (χ0) is 15.2. The molecule has 0 aromatic heterocycles. The lowest BCUT2D eigenvalue weighted by molar-refractivity contribution is -0.118. The van der Waals surface area contributed by atoms with E-state index in [0.29, 0.717) is 6.42 Å². The van der Waals surface area contributed by atoms with E-state index in [1.807, 2.05) is 12.1 Å². The Labute approximate surface area is 124 Å². The van der Waals surface area contributed by atoms with Gasteiger partial charge in [0.2, 0.25) is 5.91 Å². The van der Waals surface area contributed by atoms with Gasteiger partial charge in [0.05, 0.1) is 0 Å². The van der Waals surface area contributed by atoms with Gasteiger partial charge in [-0.05, 0) is 42.4 Å². The Bertz CT molecular complexity index is 449. The van der Waals surface area contributed by atoms with Crippen LogP contribution < -0.4 is 5.32 Å². The maximum absolute atomic E-state index is 12.2. The summed E-state index contributed by atoms with van der Waals surface area (Å²) in [5.74, 6) is 0.125. The zero-order valence-corrected chi connectivity index (χ0v) is 13.7. The number of benzene rings is 1. The number of nitrogens with one attached hydrogen (secondary N) is 1. The van der Waals surface area contributed by atoms with Crippen LogP contribution >= 0.6 is 0 Å². The van der Waals surface area contributed by atoms with Gasteiger partial charge in [0.15, 0.2) is 0 Å². The summed E-state index contributed by atoms with van der Waals surface area (Å²) in [6.45, 7) is 10.7. The molecule has 0 saturated heterocycles. The topological polar surface area (TPSA) is 29.1 Å². The van der Waals surface area contributed by atoms with Gasteiger partial charge in [-0.2, -0.15) is 0 Å².